The molecule has 0 aliphatic carbocycles. The summed E-state index contributed by atoms with van der Waals surface area (Å²) in [5.74, 6) is 0.0272. The third-order valence-electron chi connectivity index (χ3n) is 7.06. The molecule has 0 saturated heterocycles. The van der Waals surface area contributed by atoms with Crippen molar-refractivity contribution in [3.05, 3.63) is 0 Å². The van der Waals surface area contributed by atoms with Crippen LogP contribution in [-0.4, -0.2) is 114 Å². The molecule has 0 saturated carbocycles. The van der Waals surface area contributed by atoms with Gasteiger partial charge >= 0.3 is 0 Å². The van der Waals surface area contributed by atoms with E-state index in [1.165, 1.54) is 6.42 Å². The van der Waals surface area contributed by atoms with Crippen LogP contribution < -0.4 is 5.32 Å². The van der Waals surface area contributed by atoms with E-state index in [-0.39, 0.29) is 43.3 Å². The highest BCUT2D eigenvalue weighted by atomic mass is 16.5. The lowest BCUT2D eigenvalue weighted by molar-refractivity contribution is -0.122. The minimum absolute atomic E-state index is 0. The number of amides is 1. The van der Waals surface area contributed by atoms with Crippen LogP contribution in [0.15, 0.2) is 0 Å². The number of rotatable bonds is 27. The smallest absolute Gasteiger partial charge is 0.220 e. The van der Waals surface area contributed by atoms with Crippen LogP contribution in [0, 0.1) is 0 Å². The van der Waals surface area contributed by atoms with Crippen LogP contribution >= 0.6 is 0 Å². The van der Waals surface area contributed by atoms with E-state index in [2.05, 4.69) is 88.4 Å². The molecular formula is C43H95NO9. The molecular weight excluding hydrogens is 674 g/mol. The van der Waals surface area contributed by atoms with E-state index in [9.17, 15) is 4.79 Å². The Bertz CT molecular complexity index is 735. The molecule has 326 valence electrons. The third kappa shape index (κ3) is 49.1. The van der Waals surface area contributed by atoms with Gasteiger partial charge in [-0.25, -0.2) is 0 Å². The number of ether oxygens (including phenoxy) is 8. The molecule has 0 aromatic heterocycles. The molecule has 0 aromatic carbocycles. The van der Waals surface area contributed by atoms with Crippen LogP contribution in [0.2, 0.25) is 0 Å². The predicted molar refractivity (Wildman–Crippen MR) is 225 cm³/mol. The van der Waals surface area contributed by atoms with E-state index in [1.807, 2.05) is 34.6 Å². The number of carbonyl (C=O) groups excluding carboxylic acids is 1. The Hall–Kier alpha value is -0.850. The van der Waals surface area contributed by atoms with E-state index in [4.69, 9.17) is 37.9 Å². The molecule has 0 radical (unpaired) electrons. The van der Waals surface area contributed by atoms with Gasteiger partial charge in [0.2, 0.25) is 5.91 Å². The van der Waals surface area contributed by atoms with Gasteiger partial charge in [0.1, 0.15) is 0 Å². The van der Waals surface area contributed by atoms with Gasteiger partial charge in [-0.1, -0.05) is 48.0 Å². The summed E-state index contributed by atoms with van der Waals surface area (Å²) < 4.78 is 43.7. The highest BCUT2D eigenvalue weighted by Crippen LogP contribution is 2.17. The second-order valence-electron chi connectivity index (χ2n) is 15.1. The number of hydrogen-bond donors (Lipinski definition) is 1. The Labute approximate surface area is 331 Å². The molecule has 0 heterocycles. The lowest BCUT2D eigenvalue weighted by atomic mass is 10.0. The van der Waals surface area contributed by atoms with E-state index in [1.54, 1.807) is 14.2 Å². The fourth-order valence-electron chi connectivity index (χ4n) is 4.68. The molecule has 0 aliphatic rings. The summed E-state index contributed by atoms with van der Waals surface area (Å²) in [5.41, 5.74) is -0.108. The van der Waals surface area contributed by atoms with Crippen LogP contribution in [0.5, 0.6) is 0 Å². The highest BCUT2D eigenvalue weighted by Gasteiger charge is 2.23. The summed E-state index contributed by atoms with van der Waals surface area (Å²) in [6, 6.07) is -0.0464. The van der Waals surface area contributed by atoms with Gasteiger partial charge in [-0.2, -0.15) is 0 Å². The summed E-state index contributed by atoms with van der Waals surface area (Å²) in [7, 11) is 3.32. The van der Waals surface area contributed by atoms with Crippen molar-refractivity contribution in [2.75, 3.05) is 47.3 Å². The van der Waals surface area contributed by atoms with E-state index in [0.29, 0.717) is 56.8 Å². The van der Waals surface area contributed by atoms with Gasteiger partial charge < -0.3 is 43.2 Å². The summed E-state index contributed by atoms with van der Waals surface area (Å²) in [6.07, 6.45) is 9.39. The summed E-state index contributed by atoms with van der Waals surface area (Å²) in [5, 5.41) is 2.83. The van der Waals surface area contributed by atoms with Crippen molar-refractivity contribution >= 4 is 5.91 Å². The Morgan fingerprint density at radius 1 is 0.585 bits per heavy atom. The van der Waals surface area contributed by atoms with Gasteiger partial charge in [0, 0.05) is 27.2 Å². The molecule has 0 spiro atoms. The first-order valence-corrected chi connectivity index (χ1v) is 20.4. The quantitative estimate of drug-likeness (QED) is 0.0875. The maximum Gasteiger partial charge on any atom is 0.220 e. The second-order valence-corrected chi connectivity index (χ2v) is 15.1. The average molecular weight is 770 g/mol. The van der Waals surface area contributed by atoms with Crippen molar-refractivity contribution in [1.29, 1.82) is 0 Å². The lowest BCUT2D eigenvalue weighted by Crippen LogP contribution is -2.41. The maximum absolute atomic E-state index is 11.1. The third-order valence-corrected chi connectivity index (χ3v) is 7.06. The standard InChI is InChI=1S/C12H26O2.C11H24O2.C10H21NO3.C9H20O2.CH4/c1-6-7-12(14-11(4)5)8-9-13-10(2)3;1-6-7-11(13-10(4)5)8-12-9(2)3;1-5-10(12)11-9(6-13-4)7-14-8(2)3;1-6-9(4,7-10-5)11-8(2)3;/h10-12H,6-9H2,1-5H3;9-11H,6-8H2,1-5H3;8-9H,5-7H2,1-4H3,(H,11,12);8H,6-7H2,1-5H3;1H4. The maximum atomic E-state index is 11.1. The molecule has 0 aliphatic heterocycles. The molecule has 0 rings (SSSR count). The van der Waals surface area contributed by atoms with Crippen molar-refractivity contribution in [1.82, 2.24) is 5.32 Å². The Kier molecular flexibility index (Phi) is 47.2. The first-order chi connectivity index (χ1) is 24.2. The number of methoxy groups -OCH3 is 2. The fourth-order valence-corrected chi connectivity index (χ4v) is 4.68. The summed E-state index contributed by atoms with van der Waals surface area (Å²) in [4.78, 5) is 11.1. The van der Waals surface area contributed by atoms with Crippen molar-refractivity contribution in [3.63, 3.8) is 0 Å². The molecule has 4 unspecified atom stereocenters. The topological polar surface area (TPSA) is 103 Å². The zero-order valence-electron chi connectivity index (χ0n) is 37.9. The minimum Gasteiger partial charge on any atom is -0.382 e. The average Bonchev–Trinajstić information content (AvgIpc) is 3.02. The molecule has 0 aromatic rings. The Balaban J connectivity index is -0.000000193. The molecule has 4 atom stereocenters. The largest absolute Gasteiger partial charge is 0.382 e. The van der Waals surface area contributed by atoms with Crippen molar-refractivity contribution in [2.45, 2.75) is 231 Å². The van der Waals surface area contributed by atoms with E-state index < -0.39 is 0 Å². The summed E-state index contributed by atoms with van der Waals surface area (Å²) >= 11 is 0. The normalized spacial score (nSPS) is 14.1. The van der Waals surface area contributed by atoms with Gasteiger partial charge in [0.05, 0.1) is 86.9 Å². The zero-order valence-corrected chi connectivity index (χ0v) is 37.9. The minimum atomic E-state index is -0.108. The number of nitrogens with one attached hydrogen (secondary N) is 1. The van der Waals surface area contributed by atoms with Crippen LogP contribution in [0.25, 0.3) is 0 Å². The monoisotopic (exact) mass is 770 g/mol. The van der Waals surface area contributed by atoms with Crippen molar-refractivity contribution in [2.24, 2.45) is 0 Å². The van der Waals surface area contributed by atoms with Gasteiger partial charge in [-0.3, -0.25) is 4.79 Å². The molecule has 0 bridgehead atoms. The van der Waals surface area contributed by atoms with Crippen LogP contribution in [0.4, 0.5) is 0 Å². The molecule has 1 N–H and O–H groups in total. The van der Waals surface area contributed by atoms with Gasteiger partial charge in [-0.15, -0.1) is 0 Å². The SMILES string of the molecule is C.CCC(=O)NC(COC)COC(C)C.CCC(C)(COC)OC(C)C.CCCC(CCOC(C)C)OC(C)C.CCCC(COC(C)C)OC(C)C. The Morgan fingerprint density at radius 3 is 1.43 bits per heavy atom. The zero-order chi connectivity index (χ0) is 41.1. The summed E-state index contributed by atoms with van der Waals surface area (Å²) in [6.45, 7) is 38.1. The molecule has 0 fully saturated rings. The first-order valence-electron chi connectivity index (χ1n) is 20.4. The molecule has 10 nitrogen and oxygen atoms in total. The predicted octanol–water partition coefficient (Wildman–Crippen LogP) is 10.2. The lowest BCUT2D eigenvalue weighted by Gasteiger charge is -2.29. The fraction of sp³-hybridized carbons (Fsp3) is 0.977. The van der Waals surface area contributed by atoms with Crippen molar-refractivity contribution in [3.8, 4) is 0 Å². The Morgan fingerprint density at radius 2 is 1.06 bits per heavy atom. The van der Waals surface area contributed by atoms with Crippen molar-refractivity contribution < 1.29 is 42.7 Å². The number of hydrogen-bond acceptors (Lipinski definition) is 9. The first kappa shape index (κ1) is 61.4. The van der Waals surface area contributed by atoms with Crippen LogP contribution in [0.3, 0.4) is 0 Å². The van der Waals surface area contributed by atoms with Gasteiger partial charge in [0.15, 0.2) is 0 Å². The van der Waals surface area contributed by atoms with Gasteiger partial charge in [-0.05, 0) is 116 Å². The second kappa shape index (κ2) is 40.8. The number of carbonyl (C=O) groups is 1. The van der Waals surface area contributed by atoms with E-state index in [0.717, 1.165) is 45.3 Å². The molecule has 53 heavy (non-hydrogen) atoms. The molecule has 10 heteroatoms. The molecule has 1 amide bonds. The van der Waals surface area contributed by atoms with Gasteiger partial charge in [0.25, 0.3) is 0 Å². The van der Waals surface area contributed by atoms with Crippen LogP contribution in [-0.2, 0) is 42.7 Å². The van der Waals surface area contributed by atoms with E-state index >= 15 is 0 Å². The highest BCUT2D eigenvalue weighted by molar-refractivity contribution is 5.75. The van der Waals surface area contributed by atoms with Crippen LogP contribution in [0.1, 0.15) is 170 Å².